The third-order valence-corrected chi connectivity index (χ3v) is 6.41. The molecule has 2 aromatic rings. The van der Waals surface area contributed by atoms with Crippen LogP contribution in [-0.2, 0) is 4.79 Å². The molecule has 8 heteroatoms. The van der Waals surface area contributed by atoms with Gasteiger partial charge in [0, 0.05) is 63.9 Å². The topological polar surface area (TPSA) is 90.1 Å². The van der Waals surface area contributed by atoms with Crippen molar-refractivity contribution in [1.82, 2.24) is 19.9 Å². The maximum absolute atomic E-state index is 13.0. The SMILES string of the molecule is CC(=O)N1CCN([C@H]2CCN(C(=O)c3cc(-c4ccc(C)cc4)on3)CC[C@@H]2O)CC1. The van der Waals surface area contributed by atoms with Crippen LogP contribution in [0.1, 0.15) is 35.8 Å². The molecule has 2 saturated heterocycles. The first-order valence-electron chi connectivity index (χ1n) is 10.9. The molecular weight excluding hydrogens is 396 g/mol. The third-order valence-electron chi connectivity index (χ3n) is 6.41. The number of likely N-dealkylation sites (tertiary alicyclic amines) is 1. The van der Waals surface area contributed by atoms with E-state index in [0.29, 0.717) is 50.5 Å². The molecular formula is C23H30N4O4. The molecule has 3 heterocycles. The number of benzene rings is 1. The Labute approximate surface area is 182 Å². The van der Waals surface area contributed by atoms with Crippen molar-refractivity contribution in [2.45, 2.75) is 38.8 Å². The van der Waals surface area contributed by atoms with Gasteiger partial charge in [0.25, 0.3) is 5.91 Å². The van der Waals surface area contributed by atoms with Gasteiger partial charge in [0.1, 0.15) is 0 Å². The minimum absolute atomic E-state index is 0.00710. The maximum Gasteiger partial charge on any atom is 0.276 e. The van der Waals surface area contributed by atoms with Crippen LogP contribution < -0.4 is 0 Å². The lowest BCUT2D eigenvalue weighted by molar-refractivity contribution is -0.131. The number of piperazine rings is 1. The monoisotopic (exact) mass is 426 g/mol. The van der Waals surface area contributed by atoms with E-state index in [1.165, 1.54) is 0 Å². The molecule has 31 heavy (non-hydrogen) atoms. The first-order chi connectivity index (χ1) is 14.9. The van der Waals surface area contributed by atoms with E-state index in [4.69, 9.17) is 4.52 Å². The van der Waals surface area contributed by atoms with Crippen LogP contribution in [0.25, 0.3) is 11.3 Å². The summed E-state index contributed by atoms with van der Waals surface area (Å²) < 4.78 is 5.41. The Kier molecular flexibility index (Phi) is 6.38. The number of aliphatic hydroxyl groups is 1. The molecule has 0 saturated carbocycles. The molecule has 1 aromatic heterocycles. The summed E-state index contributed by atoms with van der Waals surface area (Å²) in [5, 5.41) is 14.7. The number of carbonyl (C=O) groups is 2. The van der Waals surface area contributed by atoms with Crippen LogP contribution in [0.5, 0.6) is 0 Å². The molecule has 0 unspecified atom stereocenters. The van der Waals surface area contributed by atoms with Gasteiger partial charge < -0.3 is 19.4 Å². The predicted octanol–water partition coefficient (Wildman–Crippen LogP) is 1.78. The molecule has 0 aliphatic carbocycles. The van der Waals surface area contributed by atoms with Crippen molar-refractivity contribution in [2.24, 2.45) is 0 Å². The minimum Gasteiger partial charge on any atom is -0.391 e. The van der Waals surface area contributed by atoms with E-state index in [1.807, 2.05) is 36.1 Å². The van der Waals surface area contributed by atoms with Crippen LogP contribution in [0.2, 0.25) is 0 Å². The minimum atomic E-state index is -0.498. The number of aliphatic hydroxyl groups excluding tert-OH is 1. The maximum atomic E-state index is 13.0. The van der Waals surface area contributed by atoms with Crippen LogP contribution in [0.15, 0.2) is 34.9 Å². The third kappa shape index (κ3) is 4.80. The van der Waals surface area contributed by atoms with E-state index in [2.05, 4.69) is 10.1 Å². The average Bonchev–Trinajstić information content (AvgIpc) is 3.18. The van der Waals surface area contributed by atoms with Gasteiger partial charge in [0.15, 0.2) is 11.5 Å². The first kappa shape index (κ1) is 21.5. The van der Waals surface area contributed by atoms with Crippen molar-refractivity contribution >= 4 is 11.8 Å². The quantitative estimate of drug-likeness (QED) is 0.805. The summed E-state index contributed by atoms with van der Waals surface area (Å²) in [5.41, 5.74) is 2.33. The highest BCUT2D eigenvalue weighted by atomic mass is 16.5. The Hall–Kier alpha value is -2.71. The summed E-state index contributed by atoms with van der Waals surface area (Å²) in [6, 6.07) is 9.56. The van der Waals surface area contributed by atoms with Crippen LogP contribution >= 0.6 is 0 Å². The molecule has 1 N–H and O–H groups in total. The molecule has 8 nitrogen and oxygen atoms in total. The average molecular weight is 427 g/mol. The summed E-state index contributed by atoms with van der Waals surface area (Å²) >= 11 is 0. The highest BCUT2D eigenvalue weighted by Crippen LogP contribution is 2.24. The van der Waals surface area contributed by atoms with Gasteiger partial charge in [-0.05, 0) is 19.8 Å². The van der Waals surface area contributed by atoms with E-state index in [1.54, 1.807) is 17.9 Å². The summed E-state index contributed by atoms with van der Waals surface area (Å²) in [4.78, 5) is 30.4. The molecule has 166 valence electrons. The zero-order chi connectivity index (χ0) is 22.0. The Morgan fingerprint density at radius 2 is 1.68 bits per heavy atom. The molecule has 1 aromatic carbocycles. The van der Waals surface area contributed by atoms with Gasteiger partial charge >= 0.3 is 0 Å². The molecule has 0 spiro atoms. The van der Waals surface area contributed by atoms with Crippen molar-refractivity contribution in [3.63, 3.8) is 0 Å². The van der Waals surface area contributed by atoms with Crippen LogP contribution in [0, 0.1) is 6.92 Å². The summed E-state index contributed by atoms with van der Waals surface area (Å²) in [6.07, 6.45) is 0.712. The molecule has 4 rings (SSSR count). The zero-order valence-corrected chi connectivity index (χ0v) is 18.2. The number of hydrogen-bond acceptors (Lipinski definition) is 6. The van der Waals surface area contributed by atoms with Gasteiger partial charge in [0.05, 0.1) is 6.10 Å². The van der Waals surface area contributed by atoms with Crippen LogP contribution in [-0.4, -0.2) is 88.2 Å². The Morgan fingerprint density at radius 1 is 1.00 bits per heavy atom. The van der Waals surface area contributed by atoms with Gasteiger partial charge in [-0.1, -0.05) is 35.0 Å². The summed E-state index contributed by atoms with van der Waals surface area (Å²) in [6.45, 7) is 7.51. The fraction of sp³-hybridized carbons (Fsp3) is 0.522. The van der Waals surface area contributed by atoms with Gasteiger partial charge in [-0.3, -0.25) is 14.5 Å². The van der Waals surface area contributed by atoms with Crippen molar-refractivity contribution < 1.29 is 19.2 Å². The number of carbonyl (C=O) groups excluding carboxylic acids is 2. The van der Waals surface area contributed by atoms with Crippen LogP contribution in [0.4, 0.5) is 0 Å². The number of rotatable bonds is 3. The van der Waals surface area contributed by atoms with Gasteiger partial charge in [-0.25, -0.2) is 0 Å². The predicted molar refractivity (Wildman–Crippen MR) is 115 cm³/mol. The lowest BCUT2D eigenvalue weighted by Crippen LogP contribution is -2.54. The molecule has 2 aliphatic heterocycles. The largest absolute Gasteiger partial charge is 0.391 e. The standard InChI is InChI=1S/C23H30N4O4/c1-16-3-5-18(6-4-16)22-15-19(24-31-22)23(30)27-9-7-20(21(29)8-10-27)26-13-11-25(12-14-26)17(2)28/h3-6,15,20-21,29H,7-14H2,1-2H3/t20-,21-/m0/s1. The van der Waals surface area contributed by atoms with E-state index in [0.717, 1.165) is 24.2 Å². The van der Waals surface area contributed by atoms with Gasteiger partial charge in [0.2, 0.25) is 5.91 Å². The van der Waals surface area contributed by atoms with Crippen molar-refractivity contribution in [3.8, 4) is 11.3 Å². The van der Waals surface area contributed by atoms with Crippen molar-refractivity contribution in [1.29, 1.82) is 0 Å². The van der Waals surface area contributed by atoms with Crippen LogP contribution in [0.3, 0.4) is 0 Å². The Bertz CT molecular complexity index is 918. The van der Waals surface area contributed by atoms with Gasteiger partial charge in [-0.15, -0.1) is 0 Å². The molecule has 0 bridgehead atoms. The smallest absolute Gasteiger partial charge is 0.276 e. The van der Waals surface area contributed by atoms with Crippen molar-refractivity contribution in [2.75, 3.05) is 39.3 Å². The highest BCUT2D eigenvalue weighted by molar-refractivity contribution is 5.93. The summed E-state index contributed by atoms with van der Waals surface area (Å²) in [7, 11) is 0. The number of hydrogen-bond donors (Lipinski definition) is 1. The number of aromatic nitrogens is 1. The summed E-state index contributed by atoms with van der Waals surface area (Å²) in [5.74, 6) is 0.492. The molecule has 2 aliphatic rings. The first-order valence-corrected chi connectivity index (χ1v) is 10.9. The van der Waals surface area contributed by atoms with E-state index < -0.39 is 6.10 Å². The Balaban J connectivity index is 1.38. The second-order valence-corrected chi connectivity index (χ2v) is 8.49. The Morgan fingerprint density at radius 3 is 2.35 bits per heavy atom. The molecule has 2 amide bonds. The lowest BCUT2D eigenvalue weighted by atomic mass is 10.0. The molecule has 0 radical (unpaired) electrons. The number of nitrogens with zero attached hydrogens (tertiary/aromatic N) is 4. The lowest BCUT2D eigenvalue weighted by Gasteiger charge is -2.40. The number of amides is 2. The molecule has 2 fully saturated rings. The van der Waals surface area contributed by atoms with Crippen molar-refractivity contribution in [3.05, 3.63) is 41.6 Å². The normalized spacial score (nSPS) is 22.9. The second kappa shape index (κ2) is 9.20. The van der Waals surface area contributed by atoms with E-state index in [-0.39, 0.29) is 17.9 Å². The van der Waals surface area contributed by atoms with Gasteiger partial charge in [-0.2, -0.15) is 0 Å². The zero-order valence-electron chi connectivity index (χ0n) is 18.2. The fourth-order valence-electron chi connectivity index (χ4n) is 4.46. The highest BCUT2D eigenvalue weighted by Gasteiger charge is 2.33. The fourth-order valence-corrected chi connectivity index (χ4v) is 4.46. The number of aryl methyl sites for hydroxylation is 1. The molecule has 2 atom stereocenters. The van der Waals surface area contributed by atoms with E-state index >= 15 is 0 Å². The second-order valence-electron chi connectivity index (χ2n) is 8.49. The van der Waals surface area contributed by atoms with E-state index in [9.17, 15) is 14.7 Å².